The third-order valence-electron chi connectivity index (χ3n) is 14.4. The van der Waals surface area contributed by atoms with Gasteiger partial charge in [-0.2, -0.15) is 4.58 Å². The first kappa shape index (κ1) is 59.8. The number of ether oxygens (including phenoxy) is 2. The highest BCUT2D eigenvalue weighted by Gasteiger charge is 2.50. The number of aliphatic hydroxyl groups is 1. The lowest BCUT2D eigenvalue weighted by Gasteiger charge is -2.32. The van der Waals surface area contributed by atoms with E-state index in [1.54, 1.807) is 18.4 Å². The second kappa shape index (κ2) is 21.2. The highest BCUT2D eigenvalue weighted by molar-refractivity contribution is 7.87. The molecule has 4 aliphatic rings. The molecule has 1 unspecified atom stereocenters. The molecule has 4 aromatic rings. The van der Waals surface area contributed by atoms with Gasteiger partial charge in [0.2, 0.25) is 11.5 Å². The van der Waals surface area contributed by atoms with E-state index < -0.39 is 117 Å². The molecule has 0 saturated carbocycles. The molecular formula is C50H49N3O22S5-4. The minimum absolute atomic E-state index is 0.0325. The van der Waals surface area contributed by atoms with Crippen LogP contribution in [-0.2, 0) is 90.1 Å². The van der Waals surface area contributed by atoms with Gasteiger partial charge in [0, 0.05) is 72.1 Å². The van der Waals surface area contributed by atoms with Gasteiger partial charge in [-0.05, 0) is 104 Å². The topological polar surface area (TPSA) is 395 Å². The molecule has 1 fully saturated rings. The van der Waals surface area contributed by atoms with Gasteiger partial charge in [0.25, 0.3) is 5.91 Å². The highest BCUT2D eigenvalue weighted by Crippen LogP contribution is 2.55. The largest absolute Gasteiger partial charge is 0.748 e. The summed E-state index contributed by atoms with van der Waals surface area (Å²) < 4.78 is 199. The molecule has 1 aliphatic carbocycles. The summed E-state index contributed by atoms with van der Waals surface area (Å²) in [7, 11) is -25.3. The van der Waals surface area contributed by atoms with Gasteiger partial charge in [0.15, 0.2) is 5.71 Å². The number of carbonyl (C=O) groups excluding carboxylic acids is 3. The molecule has 3 aliphatic heterocycles. The van der Waals surface area contributed by atoms with E-state index in [2.05, 4.69) is 6.58 Å². The Labute approximate surface area is 459 Å². The van der Waals surface area contributed by atoms with Crippen LogP contribution in [0.25, 0.3) is 21.5 Å². The first-order valence-electron chi connectivity index (χ1n) is 24.1. The summed E-state index contributed by atoms with van der Waals surface area (Å²) in [5.41, 5.74) is -2.83. The van der Waals surface area contributed by atoms with Crippen LogP contribution in [0.5, 0.6) is 0 Å². The Morgan fingerprint density at radius 2 is 1.34 bits per heavy atom. The van der Waals surface area contributed by atoms with Crippen molar-refractivity contribution >= 4 is 107 Å². The number of carbonyl (C=O) groups is 3. The first-order chi connectivity index (χ1) is 37.0. The van der Waals surface area contributed by atoms with Crippen molar-refractivity contribution in [1.82, 2.24) is 5.06 Å². The number of hydroxylamine groups is 2. The van der Waals surface area contributed by atoms with E-state index in [1.807, 2.05) is 0 Å². The number of aliphatic hydroxyl groups excluding tert-OH is 1. The van der Waals surface area contributed by atoms with Gasteiger partial charge < -0.3 is 47.1 Å². The van der Waals surface area contributed by atoms with Crippen molar-refractivity contribution in [1.29, 1.82) is 0 Å². The third kappa shape index (κ3) is 11.4. The number of allylic oxidation sites excluding steroid dienone is 6. The summed E-state index contributed by atoms with van der Waals surface area (Å²) in [6, 6.07) is 7.74. The summed E-state index contributed by atoms with van der Waals surface area (Å²) in [5, 5.41) is 11.8. The molecular weight excluding hydrogens is 1150 g/mol. The van der Waals surface area contributed by atoms with Crippen LogP contribution in [-0.4, -0.2) is 149 Å². The molecule has 1 saturated heterocycles. The average molecular weight is 1200 g/mol. The number of benzene rings is 4. The number of amides is 1. The standard InChI is InChI=1S/C50H53N3O22S5/c1-28-9-14-43(54)53(28)75-44(55)8-6-16-51-37-12-10-31-33(22-29(77(61,62)63)24-39(31)79(67,68)69)45(37)49(2,3)41(51)26-35-47(56)36(48(35)57)27-42-50(4,15-7-21-76(58,59)60)46-34-23-30(78(64,65)66)25-40(80(70,71)72)32(34)11-13-38(46)52(42)17-18-74-20-19-73-5/h10-13,22-27H,1,6-9,14-21H2,2-5H3,(H5-,56,57,58,59,60,61,62,63,64,65,66,67,68,69,70,71,72)/p-4. The molecule has 0 aromatic heterocycles. The second-order valence-corrected chi connectivity index (χ2v) is 26.9. The molecule has 3 heterocycles. The molecule has 8 rings (SSSR count). The van der Waals surface area contributed by atoms with Crippen LogP contribution in [0.1, 0.15) is 70.4 Å². The normalized spacial score (nSPS) is 19.8. The Morgan fingerprint density at radius 1 is 0.750 bits per heavy atom. The number of Topliss-reactive ketones (excluding diaryl/α,β-unsaturated/α-hetero) is 1. The number of fused-ring (bicyclic) bond motifs is 6. The monoisotopic (exact) mass is 1200 g/mol. The zero-order valence-corrected chi connectivity index (χ0v) is 47.0. The van der Waals surface area contributed by atoms with Crippen LogP contribution < -0.4 is 4.90 Å². The Kier molecular flexibility index (Phi) is 15.9. The number of rotatable bonds is 21. The lowest BCUT2D eigenvalue weighted by molar-refractivity contribution is -0.438. The van der Waals surface area contributed by atoms with Crippen molar-refractivity contribution in [2.24, 2.45) is 0 Å². The summed E-state index contributed by atoms with van der Waals surface area (Å²) >= 11 is 0. The molecule has 1 atom stereocenters. The van der Waals surface area contributed by atoms with Crippen LogP contribution in [0, 0.1) is 0 Å². The SMILES string of the molecule is C=C1CCC(=O)N1OC(=O)CCC[N+]1=C(C=C2C(=O)C(C=C3N(CCOCCOC)c4ccc5c(S(=O)(=O)[O-])cc(S(=O)(=O)[O-])cc5c4C3(C)CCCS(=O)(=O)[O-])=C2O)C(C)(C)c2c1ccc1c(S(=O)(=O)[O-])cc(S(=O)(=O)[O-])cc21. The van der Waals surface area contributed by atoms with Crippen molar-refractivity contribution < 1.29 is 103 Å². The van der Waals surface area contributed by atoms with Crippen molar-refractivity contribution in [3.63, 3.8) is 0 Å². The van der Waals surface area contributed by atoms with Gasteiger partial charge in [0.1, 0.15) is 52.8 Å². The fourth-order valence-electron chi connectivity index (χ4n) is 10.8. The summed E-state index contributed by atoms with van der Waals surface area (Å²) in [6.45, 7) is 8.23. The van der Waals surface area contributed by atoms with Gasteiger partial charge in [-0.15, -0.1) is 5.06 Å². The first-order valence-corrected chi connectivity index (χ1v) is 31.3. The van der Waals surface area contributed by atoms with Crippen molar-refractivity contribution in [2.75, 3.05) is 50.7 Å². The number of ketones is 1. The summed E-state index contributed by atoms with van der Waals surface area (Å²) in [5.74, 6) is -3.79. The zero-order valence-electron chi connectivity index (χ0n) is 42.9. The predicted octanol–water partition coefficient (Wildman–Crippen LogP) is 3.33. The molecule has 430 valence electrons. The van der Waals surface area contributed by atoms with Gasteiger partial charge in [-0.3, -0.25) is 9.59 Å². The minimum Gasteiger partial charge on any atom is -0.748 e. The Balaban J connectivity index is 1.32. The van der Waals surface area contributed by atoms with E-state index in [1.165, 1.54) is 55.4 Å². The molecule has 30 heteroatoms. The van der Waals surface area contributed by atoms with Crippen LogP contribution in [0.4, 0.5) is 11.4 Å². The number of anilines is 1. The smallest absolute Gasteiger partial charge is 0.333 e. The fraction of sp³-hybridized carbons (Fsp3) is 0.360. The van der Waals surface area contributed by atoms with Crippen LogP contribution >= 0.6 is 0 Å². The van der Waals surface area contributed by atoms with E-state index in [0.29, 0.717) is 12.1 Å². The lowest BCUT2D eigenvalue weighted by atomic mass is 9.74. The molecule has 0 radical (unpaired) electrons. The van der Waals surface area contributed by atoms with E-state index >= 15 is 0 Å². The minimum atomic E-state index is -5.51. The number of nitrogens with zero attached hydrogens (tertiary/aromatic N) is 3. The Bertz CT molecular complexity index is 4110. The van der Waals surface area contributed by atoms with E-state index in [4.69, 9.17) is 14.3 Å². The molecule has 4 aromatic carbocycles. The molecule has 1 N–H and O–H groups in total. The van der Waals surface area contributed by atoms with Gasteiger partial charge in [-0.1, -0.05) is 12.6 Å². The fourth-order valence-corrected chi connectivity index (χ4v) is 13.9. The maximum Gasteiger partial charge on any atom is 0.333 e. The van der Waals surface area contributed by atoms with Gasteiger partial charge in [0.05, 0.1) is 78.2 Å². The van der Waals surface area contributed by atoms with Gasteiger partial charge >= 0.3 is 5.97 Å². The molecule has 1 amide bonds. The van der Waals surface area contributed by atoms with Crippen LogP contribution in [0.3, 0.4) is 0 Å². The lowest BCUT2D eigenvalue weighted by Crippen LogP contribution is -2.34. The maximum atomic E-state index is 14.7. The number of hydrogen-bond acceptors (Lipinski definition) is 23. The van der Waals surface area contributed by atoms with Gasteiger partial charge in [-0.25, -0.2) is 46.9 Å². The molecule has 25 nitrogen and oxygen atoms in total. The third-order valence-corrected chi connectivity index (χ3v) is 18.5. The summed E-state index contributed by atoms with van der Waals surface area (Å²) in [6.07, 6.45) is 1.72. The Hall–Kier alpha value is -6.29. The molecule has 0 spiro atoms. The summed E-state index contributed by atoms with van der Waals surface area (Å²) in [4.78, 5) is 42.7. The number of hydrogen-bond donors (Lipinski definition) is 1. The molecule has 80 heavy (non-hydrogen) atoms. The van der Waals surface area contributed by atoms with E-state index in [9.17, 15) is 84.3 Å². The average Bonchev–Trinajstić information content (AvgIpc) is 3.88. The van der Waals surface area contributed by atoms with Crippen LogP contribution in [0.2, 0.25) is 0 Å². The Morgan fingerprint density at radius 3 is 1.86 bits per heavy atom. The van der Waals surface area contributed by atoms with Crippen molar-refractivity contribution in [3.8, 4) is 0 Å². The van der Waals surface area contributed by atoms with Crippen molar-refractivity contribution in [3.05, 3.63) is 107 Å². The maximum absolute atomic E-state index is 14.7. The second-order valence-electron chi connectivity index (χ2n) is 19.9. The predicted molar refractivity (Wildman–Crippen MR) is 275 cm³/mol. The highest BCUT2D eigenvalue weighted by atomic mass is 32.2. The van der Waals surface area contributed by atoms with Crippen LogP contribution in [0.15, 0.2) is 115 Å². The number of methoxy groups -OCH3 is 1. The quantitative estimate of drug-likeness (QED) is 0.0541. The zero-order chi connectivity index (χ0) is 59.0. The van der Waals surface area contributed by atoms with E-state index in [-0.39, 0.29) is 137 Å². The molecule has 0 bridgehead atoms. The van der Waals surface area contributed by atoms with E-state index in [0.717, 1.165) is 17.2 Å². The van der Waals surface area contributed by atoms with Crippen molar-refractivity contribution in [2.45, 2.75) is 89.7 Å².